The van der Waals surface area contributed by atoms with Crippen LogP contribution in [-0.4, -0.2) is 11.7 Å². The van der Waals surface area contributed by atoms with Gasteiger partial charge < -0.3 is 0 Å². The fraction of sp³-hybridized carbons (Fsp3) is 0.300. The molecule has 0 aliphatic rings. The van der Waals surface area contributed by atoms with Gasteiger partial charge in [-0.05, 0) is 12.5 Å². The smallest absolute Gasteiger partial charge is 0.163 e. The van der Waals surface area contributed by atoms with E-state index in [1.165, 1.54) is 0 Å². The van der Waals surface area contributed by atoms with Gasteiger partial charge in [0.2, 0.25) is 0 Å². The summed E-state index contributed by atoms with van der Waals surface area (Å²) in [5.41, 5.74) is 0.655. The second-order valence-corrected chi connectivity index (χ2v) is 2.87. The Labute approximate surface area is 77.4 Å². The first-order valence-electron chi connectivity index (χ1n) is 3.90. The lowest BCUT2D eigenvalue weighted by atomic mass is 10.1. The summed E-state index contributed by atoms with van der Waals surface area (Å²) in [6, 6.07) is 10.1. The monoisotopic (exact) mass is 181 g/mol. The maximum atomic E-state index is 11.3. The van der Waals surface area contributed by atoms with Gasteiger partial charge in [-0.2, -0.15) is 0 Å². The van der Waals surface area contributed by atoms with Crippen LogP contribution in [0.4, 0.5) is 0 Å². The molecule has 0 unspecified atom stereocenters. The Bertz CT molecular complexity index is 243. The molecule has 1 nitrogen and oxygen atoms in total. The minimum atomic E-state index is 0.122. The Hall–Kier alpha value is -0.820. The van der Waals surface area contributed by atoms with Crippen molar-refractivity contribution in [2.75, 3.05) is 5.88 Å². The molecule has 0 heterocycles. The van der Waals surface area contributed by atoms with E-state index in [4.69, 9.17) is 11.6 Å². The van der Waals surface area contributed by atoms with Crippen molar-refractivity contribution in [1.29, 1.82) is 0 Å². The fourth-order valence-electron chi connectivity index (χ4n) is 0.929. The minimum Gasteiger partial charge on any atom is -0.294 e. The molecule has 0 spiro atoms. The van der Waals surface area contributed by atoms with E-state index in [1.807, 2.05) is 12.1 Å². The van der Waals surface area contributed by atoms with Gasteiger partial charge in [-0.25, -0.2) is 0 Å². The molecule has 0 amide bonds. The third-order valence-corrected chi connectivity index (χ3v) is 1.81. The molecule has 63 valence electrons. The zero-order valence-electron chi connectivity index (χ0n) is 6.72. The van der Waals surface area contributed by atoms with Crippen molar-refractivity contribution in [2.24, 2.45) is 0 Å². The largest absolute Gasteiger partial charge is 0.294 e. The Kier molecular flexibility index (Phi) is 3.81. The second kappa shape index (κ2) is 4.94. The molecule has 12 heavy (non-hydrogen) atoms. The lowest BCUT2D eigenvalue weighted by Crippen LogP contribution is -1.98. The Morgan fingerprint density at radius 2 is 2.33 bits per heavy atom. The van der Waals surface area contributed by atoms with Crippen molar-refractivity contribution in [2.45, 2.75) is 12.8 Å². The topological polar surface area (TPSA) is 17.1 Å². The third kappa shape index (κ3) is 2.67. The summed E-state index contributed by atoms with van der Waals surface area (Å²) in [5, 5.41) is 0. The van der Waals surface area contributed by atoms with Crippen molar-refractivity contribution < 1.29 is 4.79 Å². The first kappa shape index (κ1) is 9.27. The van der Waals surface area contributed by atoms with E-state index >= 15 is 0 Å². The molecule has 0 fully saturated rings. The van der Waals surface area contributed by atoms with Crippen molar-refractivity contribution in [1.82, 2.24) is 0 Å². The number of halogens is 1. The highest BCUT2D eigenvalue weighted by Gasteiger charge is 2.03. The molecular weight excluding hydrogens is 172 g/mol. The number of carbonyl (C=O) groups excluding carboxylic acids is 1. The number of alkyl halides is 1. The van der Waals surface area contributed by atoms with Crippen molar-refractivity contribution in [3.8, 4) is 0 Å². The maximum absolute atomic E-state index is 11.3. The summed E-state index contributed by atoms with van der Waals surface area (Å²) in [5.74, 6) is 0.662. The predicted molar refractivity (Wildman–Crippen MR) is 49.6 cm³/mol. The molecule has 1 rings (SSSR count). The van der Waals surface area contributed by atoms with Crippen molar-refractivity contribution in [3.63, 3.8) is 0 Å². The highest BCUT2D eigenvalue weighted by atomic mass is 35.5. The Balaban J connectivity index is 2.54. The first-order valence-corrected chi connectivity index (χ1v) is 4.44. The average Bonchev–Trinajstić information content (AvgIpc) is 2.15. The average molecular weight is 182 g/mol. The van der Waals surface area contributed by atoms with Crippen LogP contribution in [0.3, 0.4) is 0 Å². The molecule has 0 atom stereocenters. The number of Topliss-reactive ketones (excluding diaryl/α,β-unsaturated/α-hetero) is 1. The van der Waals surface area contributed by atoms with Crippen LogP contribution in [0.1, 0.15) is 23.2 Å². The van der Waals surface area contributed by atoms with Gasteiger partial charge in [0, 0.05) is 17.9 Å². The fourth-order valence-corrected chi connectivity index (χ4v) is 1.06. The summed E-state index contributed by atoms with van der Waals surface area (Å²) in [7, 11) is 0. The summed E-state index contributed by atoms with van der Waals surface area (Å²) in [6.45, 7) is 0. The number of hydrogen-bond donors (Lipinski definition) is 0. The van der Waals surface area contributed by atoms with E-state index in [9.17, 15) is 4.79 Å². The van der Waals surface area contributed by atoms with E-state index in [0.29, 0.717) is 17.9 Å². The van der Waals surface area contributed by atoms with Crippen LogP contribution < -0.4 is 0 Å². The standard InChI is InChI=1S/C10H10ClO/c11-8-4-7-10(12)9-5-2-1-3-6-9/h1-3,5H,4,7-8H2. The molecule has 0 saturated carbocycles. The molecule has 0 N–H and O–H groups in total. The summed E-state index contributed by atoms with van der Waals surface area (Å²) < 4.78 is 0. The zero-order valence-corrected chi connectivity index (χ0v) is 7.47. The van der Waals surface area contributed by atoms with Crippen LogP contribution in [0.25, 0.3) is 0 Å². The molecule has 0 aliphatic carbocycles. The number of benzene rings is 1. The van der Waals surface area contributed by atoms with Crippen molar-refractivity contribution in [3.05, 3.63) is 35.9 Å². The molecule has 1 radical (unpaired) electrons. The van der Waals surface area contributed by atoms with E-state index in [0.717, 1.165) is 6.42 Å². The van der Waals surface area contributed by atoms with Crippen molar-refractivity contribution >= 4 is 17.4 Å². The zero-order chi connectivity index (χ0) is 8.81. The quantitative estimate of drug-likeness (QED) is 0.516. The molecule has 0 aliphatic heterocycles. The SMILES string of the molecule is O=C(CCCCl)c1[c]cccc1. The molecular formula is C10H10ClO. The van der Waals surface area contributed by atoms with Gasteiger partial charge in [0.1, 0.15) is 0 Å². The van der Waals surface area contributed by atoms with E-state index in [-0.39, 0.29) is 5.78 Å². The summed E-state index contributed by atoms with van der Waals surface area (Å²) >= 11 is 5.47. The lowest BCUT2D eigenvalue weighted by molar-refractivity contribution is 0.0981. The number of ketones is 1. The normalized spacial score (nSPS) is 9.75. The molecule has 0 aromatic heterocycles. The van der Waals surface area contributed by atoms with Crippen LogP contribution in [0, 0.1) is 6.07 Å². The number of hydrogen-bond acceptors (Lipinski definition) is 1. The Morgan fingerprint density at radius 3 is 2.92 bits per heavy atom. The molecule has 1 aromatic rings. The maximum Gasteiger partial charge on any atom is 0.163 e. The van der Waals surface area contributed by atoms with Gasteiger partial charge in [0.25, 0.3) is 0 Å². The van der Waals surface area contributed by atoms with E-state index < -0.39 is 0 Å². The summed E-state index contributed by atoms with van der Waals surface area (Å²) in [6.07, 6.45) is 1.26. The van der Waals surface area contributed by atoms with Gasteiger partial charge in [0.05, 0.1) is 0 Å². The van der Waals surface area contributed by atoms with Crippen LogP contribution in [0.2, 0.25) is 0 Å². The van der Waals surface area contributed by atoms with E-state index in [2.05, 4.69) is 6.07 Å². The lowest BCUT2D eigenvalue weighted by Gasteiger charge is -1.96. The van der Waals surface area contributed by atoms with Gasteiger partial charge in [-0.15, -0.1) is 11.6 Å². The first-order chi connectivity index (χ1) is 5.84. The number of rotatable bonds is 4. The number of carbonyl (C=O) groups is 1. The predicted octanol–water partition coefficient (Wildman–Crippen LogP) is 2.69. The highest BCUT2D eigenvalue weighted by Crippen LogP contribution is 2.04. The van der Waals surface area contributed by atoms with Crippen LogP contribution in [0.15, 0.2) is 24.3 Å². The van der Waals surface area contributed by atoms with Crippen LogP contribution in [0.5, 0.6) is 0 Å². The van der Waals surface area contributed by atoms with E-state index in [1.54, 1.807) is 12.1 Å². The van der Waals surface area contributed by atoms with Gasteiger partial charge >= 0.3 is 0 Å². The molecule has 2 heteroatoms. The minimum absolute atomic E-state index is 0.122. The van der Waals surface area contributed by atoms with Crippen LogP contribution in [-0.2, 0) is 0 Å². The highest BCUT2D eigenvalue weighted by molar-refractivity contribution is 6.18. The van der Waals surface area contributed by atoms with Gasteiger partial charge in [-0.1, -0.05) is 24.3 Å². The molecule has 0 bridgehead atoms. The van der Waals surface area contributed by atoms with Crippen LogP contribution >= 0.6 is 11.6 Å². The van der Waals surface area contributed by atoms with Gasteiger partial charge in [-0.3, -0.25) is 4.79 Å². The molecule has 0 saturated heterocycles. The summed E-state index contributed by atoms with van der Waals surface area (Å²) in [4.78, 5) is 11.3. The third-order valence-electron chi connectivity index (χ3n) is 1.55. The second-order valence-electron chi connectivity index (χ2n) is 2.49. The molecule has 1 aromatic carbocycles. The Morgan fingerprint density at radius 1 is 1.50 bits per heavy atom. The van der Waals surface area contributed by atoms with Gasteiger partial charge in [0.15, 0.2) is 5.78 Å².